The van der Waals surface area contributed by atoms with E-state index in [1.807, 2.05) is 12.3 Å². The minimum absolute atomic E-state index is 0.0242. The van der Waals surface area contributed by atoms with Gasteiger partial charge in [0.2, 0.25) is 5.91 Å². The number of rotatable bonds is 2. The van der Waals surface area contributed by atoms with Crippen molar-refractivity contribution in [3.05, 3.63) is 47.4 Å². The van der Waals surface area contributed by atoms with Crippen LogP contribution in [0.1, 0.15) is 18.9 Å². The van der Waals surface area contributed by atoms with E-state index in [4.69, 9.17) is 0 Å². The highest BCUT2D eigenvalue weighted by Crippen LogP contribution is 2.20. The fourth-order valence-corrected chi connectivity index (χ4v) is 2.23. The molecule has 0 aliphatic carbocycles. The molecule has 1 aliphatic rings. The molecule has 90 valence electrons. The van der Waals surface area contributed by atoms with Gasteiger partial charge in [-0.15, -0.1) is 0 Å². The van der Waals surface area contributed by atoms with Gasteiger partial charge < -0.3 is 9.47 Å². The molecular formula is C13H16N2O2. The molecule has 1 aromatic rings. The highest BCUT2D eigenvalue weighted by Gasteiger charge is 2.22. The maximum absolute atomic E-state index is 11.7. The number of aromatic nitrogens is 1. The second kappa shape index (κ2) is 4.99. The molecule has 2 rings (SSSR count). The average molecular weight is 232 g/mol. The Kier molecular flexibility index (Phi) is 3.42. The minimum atomic E-state index is -0.0242. The van der Waals surface area contributed by atoms with Crippen LogP contribution < -0.4 is 5.56 Å². The van der Waals surface area contributed by atoms with Crippen LogP contribution in [0.2, 0.25) is 0 Å². The van der Waals surface area contributed by atoms with E-state index in [0.29, 0.717) is 13.1 Å². The van der Waals surface area contributed by atoms with Crippen LogP contribution in [0.25, 0.3) is 0 Å². The van der Waals surface area contributed by atoms with Gasteiger partial charge in [0.15, 0.2) is 0 Å². The van der Waals surface area contributed by atoms with Crippen molar-refractivity contribution in [3.8, 4) is 0 Å². The first kappa shape index (κ1) is 11.6. The van der Waals surface area contributed by atoms with Gasteiger partial charge in [0.05, 0.1) is 0 Å². The van der Waals surface area contributed by atoms with Crippen LogP contribution in [-0.2, 0) is 4.79 Å². The van der Waals surface area contributed by atoms with E-state index in [0.717, 1.165) is 12.8 Å². The topological polar surface area (TPSA) is 42.3 Å². The molecule has 17 heavy (non-hydrogen) atoms. The summed E-state index contributed by atoms with van der Waals surface area (Å²) in [6.45, 7) is 4.86. The molecule has 2 heterocycles. The normalized spacial score (nSPS) is 16.8. The summed E-state index contributed by atoms with van der Waals surface area (Å²) in [5, 5.41) is 0. The van der Waals surface area contributed by atoms with Gasteiger partial charge in [-0.1, -0.05) is 12.6 Å². The van der Waals surface area contributed by atoms with Gasteiger partial charge in [-0.25, -0.2) is 0 Å². The van der Waals surface area contributed by atoms with Crippen LogP contribution in [0.5, 0.6) is 0 Å². The summed E-state index contributed by atoms with van der Waals surface area (Å²) >= 11 is 0. The number of carbonyl (C=O) groups excluding carboxylic acids is 1. The van der Waals surface area contributed by atoms with Crippen molar-refractivity contribution in [2.45, 2.75) is 18.9 Å². The zero-order valence-electron chi connectivity index (χ0n) is 9.71. The maximum Gasteiger partial charge on any atom is 0.250 e. The summed E-state index contributed by atoms with van der Waals surface area (Å²) in [5.74, 6) is -0.0242. The number of pyridine rings is 1. The Balaban J connectivity index is 2.05. The molecule has 0 N–H and O–H groups in total. The number of hydrogen-bond donors (Lipinski definition) is 0. The number of hydrogen-bond acceptors (Lipinski definition) is 2. The van der Waals surface area contributed by atoms with E-state index >= 15 is 0 Å². The van der Waals surface area contributed by atoms with Crippen molar-refractivity contribution >= 4 is 5.91 Å². The van der Waals surface area contributed by atoms with Crippen LogP contribution >= 0.6 is 0 Å². The van der Waals surface area contributed by atoms with E-state index in [-0.39, 0.29) is 17.5 Å². The van der Waals surface area contributed by atoms with Crippen molar-refractivity contribution in [2.75, 3.05) is 13.1 Å². The Hall–Kier alpha value is -1.84. The third-order valence-electron chi connectivity index (χ3n) is 3.20. The molecule has 1 aliphatic heterocycles. The number of carbonyl (C=O) groups is 1. The summed E-state index contributed by atoms with van der Waals surface area (Å²) in [4.78, 5) is 24.8. The second-order valence-corrected chi connectivity index (χ2v) is 4.21. The summed E-state index contributed by atoms with van der Waals surface area (Å²) in [7, 11) is 0. The van der Waals surface area contributed by atoms with Crippen molar-refractivity contribution in [2.24, 2.45) is 0 Å². The molecule has 0 unspecified atom stereocenters. The Morgan fingerprint density at radius 2 is 2.06 bits per heavy atom. The standard InChI is InChI=1S/C13H16N2O2/c1-2-12(16)14-9-6-11(7-10-14)15-8-4-3-5-13(15)17/h2-5,8,11H,1,6-7,9-10H2. The summed E-state index contributed by atoms with van der Waals surface area (Å²) in [6, 6.07) is 5.39. The lowest BCUT2D eigenvalue weighted by molar-refractivity contribution is -0.127. The largest absolute Gasteiger partial charge is 0.339 e. The van der Waals surface area contributed by atoms with Crippen molar-refractivity contribution in [1.82, 2.24) is 9.47 Å². The Morgan fingerprint density at radius 3 is 2.65 bits per heavy atom. The molecular weight excluding hydrogens is 216 g/mol. The predicted molar refractivity (Wildman–Crippen MR) is 65.8 cm³/mol. The minimum Gasteiger partial charge on any atom is -0.339 e. The third-order valence-corrected chi connectivity index (χ3v) is 3.20. The lowest BCUT2D eigenvalue weighted by Crippen LogP contribution is -2.39. The van der Waals surface area contributed by atoms with Gasteiger partial charge in [0.1, 0.15) is 0 Å². The molecule has 1 aromatic heterocycles. The van der Waals surface area contributed by atoms with Crippen molar-refractivity contribution < 1.29 is 4.79 Å². The van der Waals surface area contributed by atoms with E-state index in [1.165, 1.54) is 6.08 Å². The van der Waals surface area contributed by atoms with Gasteiger partial charge in [0.25, 0.3) is 5.56 Å². The molecule has 4 heteroatoms. The summed E-state index contributed by atoms with van der Waals surface area (Å²) < 4.78 is 1.76. The lowest BCUT2D eigenvalue weighted by atomic mass is 10.0. The second-order valence-electron chi connectivity index (χ2n) is 4.21. The molecule has 1 amide bonds. The molecule has 0 aromatic carbocycles. The number of amides is 1. The van der Waals surface area contributed by atoms with Crippen LogP contribution in [0.3, 0.4) is 0 Å². The fourth-order valence-electron chi connectivity index (χ4n) is 2.23. The summed E-state index contributed by atoms with van der Waals surface area (Å²) in [6.07, 6.45) is 4.81. The highest BCUT2D eigenvalue weighted by molar-refractivity contribution is 5.87. The quantitative estimate of drug-likeness (QED) is 0.719. The molecule has 1 fully saturated rings. The number of nitrogens with zero attached hydrogens (tertiary/aromatic N) is 2. The molecule has 0 radical (unpaired) electrons. The van der Waals surface area contributed by atoms with E-state index in [9.17, 15) is 9.59 Å². The van der Waals surface area contributed by atoms with E-state index < -0.39 is 0 Å². The molecule has 0 spiro atoms. The van der Waals surface area contributed by atoms with E-state index in [2.05, 4.69) is 6.58 Å². The Bertz CT molecular complexity index is 470. The van der Waals surface area contributed by atoms with Gasteiger partial charge in [-0.3, -0.25) is 9.59 Å². The molecule has 4 nitrogen and oxygen atoms in total. The first-order chi connectivity index (χ1) is 8.22. The first-order valence-corrected chi connectivity index (χ1v) is 5.81. The summed E-state index contributed by atoms with van der Waals surface area (Å²) in [5.41, 5.74) is 0.0287. The van der Waals surface area contributed by atoms with Gasteiger partial charge in [0, 0.05) is 31.4 Å². The first-order valence-electron chi connectivity index (χ1n) is 5.81. The third kappa shape index (κ3) is 2.46. The smallest absolute Gasteiger partial charge is 0.250 e. The predicted octanol–water partition coefficient (Wildman–Crippen LogP) is 1.20. The SMILES string of the molecule is C=CC(=O)N1CCC(n2ccccc2=O)CC1. The van der Waals surface area contributed by atoms with Gasteiger partial charge in [-0.2, -0.15) is 0 Å². The number of likely N-dealkylation sites (tertiary alicyclic amines) is 1. The van der Waals surface area contributed by atoms with Crippen molar-refractivity contribution in [1.29, 1.82) is 0 Å². The van der Waals surface area contributed by atoms with Crippen molar-refractivity contribution in [3.63, 3.8) is 0 Å². The Labute approximate surface area is 100 Å². The molecule has 1 saturated heterocycles. The molecule has 0 atom stereocenters. The zero-order valence-corrected chi connectivity index (χ0v) is 9.71. The van der Waals surface area contributed by atoms with E-state index in [1.54, 1.807) is 21.6 Å². The molecule has 0 bridgehead atoms. The van der Waals surface area contributed by atoms with Gasteiger partial charge >= 0.3 is 0 Å². The number of piperidine rings is 1. The van der Waals surface area contributed by atoms with Crippen LogP contribution in [0.15, 0.2) is 41.8 Å². The monoisotopic (exact) mass is 232 g/mol. The highest BCUT2D eigenvalue weighted by atomic mass is 16.2. The zero-order chi connectivity index (χ0) is 12.3. The Morgan fingerprint density at radius 1 is 1.35 bits per heavy atom. The van der Waals surface area contributed by atoms with Crippen LogP contribution in [-0.4, -0.2) is 28.5 Å². The average Bonchev–Trinajstić information content (AvgIpc) is 2.39. The maximum atomic E-state index is 11.7. The van der Waals surface area contributed by atoms with Gasteiger partial charge in [-0.05, 0) is 25.0 Å². The van der Waals surface area contributed by atoms with Crippen LogP contribution in [0.4, 0.5) is 0 Å². The fraction of sp³-hybridized carbons (Fsp3) is 0.385. The van der Waals surface area contributed by atoms with Crippen LogP contribution in [0, 0.1) is 0 Å². The molecule has 0 saturated carbocycles. The lowest BCUT2D eigenvalue weighted by Gasteiger charge is -2.32.